The molecule has 4 rings (SSSR count). The van der Waals surface area contributed by atoms with Gasteiger partial charge in [0.05, 0.1) is 23.5 Å². The first-order valence-corrected chi connectivity index (χ1v) is 7.88. The van der Waals surface area contributed by atoms with Gasteiger partial charge in [-0.25, -0.2) is 0 Å². The average Bonchev–Trinajstić information content (AvgIpc) is 3.26. The molecule has 0 bridgehead atoms. The van der Waals surface area contributed by atoms with Gasteiger partial charge in [0.15, 0.2) is 0 Å². The van der Waals surface area contributed by atoms with E-state index in [9.17, 15) is 4.79 Å². The molecule has 0 spiro atoms. The summed E-state index contributed by atoms with van der Waals surface area (Å²) < 4.78 is 3.38. The van der Waals surface area contributed by atoms with Crippen molar-refractivity contribution in [1.82, 2.24) is 35.3 Å². The molecule has 1 amide bonds. The molecule has 1 unspecified atom stereocenters. The van der Waals surface area contributed by atoms with Crippen LogP contribution in [-0.2, 0) is 13.5 Å². The Balaban J connectivity index is 1.62. The molecule has 3 aromatic rings. The molecule has 1 atom stereocenters. The van der Waals surface area contributed by atoms with Gasteiger partial charge in [0.1, 0.15) is 6.33 Å². The van der Waals surface area contributed by atoms with Crippen molar-refractivity contribution in [2.45, 2.75) is 25.3 Å². The van der Waals surface area contributed by atoms with E-state index in [0.717, 1.165) is 24.8 Å². The summed E-state index contributed by atoms with van der Waals surface area (Å²) in [6.45, 7) is 0. The minimum atomic E-state index is -0.136. The van der Waals surface area contributed by atoms with Gasteiger partial charge in [0.25, 0.3) is 5.91 Å². The zero-order valence-corrected chi connectivity index (χ0v) is 13.3. The van der Waals surface area contributed by atoms with Gasteiger partial charge < -0.3 is 5.32 Å². The Hall–Kier alpha value is -3.03. The smallest absolute Gasteiger partial charge is 0.253 e. The summed E-state index contributed by atoms with van der Waals surface area (Å²) in [6, 6.07) is 7.27. The van der Waals surface area contributed by atoms with E-state index >= 15 is 0 Å². The van der Waals surface area contributed by atoms with Gasteiger partial charge in [-0.2, -0.15) is 9.78 Å². The second-order valence-corrected chi connectivity index (χ2v) is 5.86. The van der Waals surface area contributed by atoms with Gasteiger partial charge in [0.2, 0.25) is 0 Å². The van der Waals surface area contributed by atoms with E-state index < -0.39 is 0 Å². The number of nitrogens with zero attached hydrogens (tertiary/aromatic N) is 6. The summed E-state index contributed by atoms with van der Waals surface area (Å²) in [5.74, 6) is -0.136. The molecule has 0 saturated heterocycles. The van der Waals surface area contributed by atoms with Crippen molar-refractivity contribution in [1.29, 1.82) is 0 Å². The summed E-state index contributed by atoms with van der Waals surface area (Å²) in [4.78, 5) is 12.8. The van der Waals surface area contributed by atoms with Gasteiger partial charge >= 0.3 is 0 Å². The number of tetrazole rings is 1. The summed E-state index contributed by atoms with van der Waals surface area (Å²) >= 11 is 0. The standard InChI is InChI=1S/C16H17N7O/c1-22-14-8-4-6-13(12(14)9-18-22)19-16(24)11-5-2-3-7-15(11)23-10-17-20-21-23/h2-3,5,7,9-10,13H,4,6,8H2,1H3,(H,19,24). The van der Waals surface area contributed by atoms with Crippen LogP contribution in [0.3, 0.4) is 0 Å². The Labute approximate surface area is 138 Å². The van der Waals surface area contributed by atoms with Crippen molar-refractivity contribution in [2.24, 2.45) is 7.05 Å². The van der Waals surface area contributed by atoms with E-state index in [-0.39, 0.29) is 11.9 Å². The fourth-order valence-electron chi connectivity index (χ4n) is 3.23. The Kier molecular flexibility index (Phi) is 3.56. The Morgan fingerprint density at radius 3 is 3.04 bits per heavy atom. The fourth-order valence-corrected chi connectivity index (χ4v) is 3.23. The fraction of sp³-hybridized carbons (Fsp3) is 0.312. The van der Waals surface area contributed by atoms with Gasteiger partial charge in [-0.1, -0.05) is 12.1 Å². The molecule has 0 aliphatic heterocycles. The molecule has 0 fully saturated rings. The molecular weight excluding hydrogens is 306 g/mol. The molecule has 2 heterocycles. The quantitative estimate of drug-likeness (QED) is 0.782. The molecular formula is C16H17N7O. The highest BCUT2D eigenvalue weighted by Gasteiger charge is 2.26. The molecule has 1 aromatic carbocycles. The van der Waals surface area contributed by atoms with Gasteiger partial charge in [-0.05, 0) is 41.8 Å². The highest BCUT2D eigenvalue weighted by atomic mass is 16.1. The normalized spacial score (nSPS) is 16.6. The van der Waals surface area contributed by atoms with Crippen LogP contribution >= 0.6 is 0 Å². The molecule has 0 saturated carbocycles. The second-order valence-electron chi connectivity index (χ2n) is 5.86. The lowest BCUT2D eigenvalue weighted by Crippen LogP contribution is -2.31. The maximum Gasteiger partial charge on any atom is 0.253 e. The van der Waals surface area contributed by atoms with Crippen LogP contribution in [0.2, 0.25) is 0 Å². The average molecular weight is 323 g/mol. The zero-order chi connectivity index (χ0) is 16.5. The molecule has 1 N–H and O–H groups in total. The summed E-state index contributed by atoms with van der Waals surface area (Å²) in [7, 11) is 1.94. The van der Waals surface area contributed by atoms with Crippen LogP contribution in [-0.4, -0.2) is 35.9 Å². The summed E-state index contributed by atoms with van der Waals surface area (Å²) in [5, 5.41) is 18.6. The SMILES string of the molecule is Cn1ncc2c1CCCC2NC(=O)c1ccccc1-n1cnnn1. The van der Waals surface area contributed by atoms with Crippen LogP contribution < -0.4 is 5.32 Å². The number of carbonyl (C=O) groups excluding carboxylic acids is 1. The van der Waals surface area contributed by atoms with E-state index in [2.05, 4.69) is 25.9 Å². The largest absolute Gasteiger partial charge is 0.345 e. The lowest BCUT2D eigenvalue weighted by atomic mass is 9.92. The van der Waals surface area contributed by atoms with Gasteiger partial charge in [-0.3, -0.25) is 9.48 Å². The molecule has 2 aromatic heterocycles. The van der Waals surface area contributed by atoms with Gasteiger partial charge in [-0.15, -0.1) is 5.10 Å². The second kappa shape index (κ2) is 5.88. The van der Waals surface area contributed by atoms with Crippen molar-refractivity contribution in [3.8, 4) is 5.69 Å². The van der Waals surface area contributed by atoms with Crippen LogP contribution in [0.1, 0.15) is 40.5 Å². The molecule has 1 aliphatic carbocycles. The van der Waals surface area contributed by atoms with E-state index in [1.54, 1.807) is 6.07 Å². The highest BCUT2D eigenvalue weighted by Crippen LogP contribution is 2.29. The van der Waals surface area contributed by atoms with E-state index in [4.69, 9.17) is 0 Å². The number of hydrogen-bond donors (Lipinski definition) is 1. The number of nitrogens with one attached hydrogen (secondary N) is 1. The minimum absolute atomic E-state index is 0.0168. The van der Waals surface area contributed by atoms with E-state index in [1.807, 2.05) is 36.1 Å². The first kappa shape index (κ1) is 14.6. The van der Waals surface area contributed by atoms with Crippen LogP contribution in [0, 0.1) is 0 Å². The Morgan fingerprint density at radius 2 is 2.21 bits per heavy atom. The topological polar surface area (TPSA) is 90.5 Å². The van der Waals surface area contributed by atoms with Crippen molar-refractivity contribution in [2.75, 3.05) is 0 Å². The predicted molar refractivity (Wildman–Crippen MR) is 85.5 cm³/mol. The maximum atomic E-state index is 12.8. The molecule has 8 nitrogen and oxygen atoms in total. The number of rotatable bonds is 3. The third-order valence-corrected chi connectivity index (χ3v) is 4.43. The van der Waals surface area contributed by atoms with Crippen LogP contribution in [0.5, 0.6) is 0 Å². The first-order chi connectivity index (χ1) is 11.7. The van der Waals surface area contributed by atoms with Crippen LogP contribution in [0.15, 0.2) is 36.8 Å². The van der Waals surface area contributed by atoms with Crippen molar-refractivity contribution < 1.29 is 4.79 Å². The van der Waals surface area contributed by atoms with Crippen LogP contribution in [0.25, 0.3) is 5.69 Å². The number of para-hydroxylation sites is 1. The molecule has 0 radical (unpaired) electrons. The van der Waals surface area contributed by atoms with E-state index in [1.165, 1.54) is 16.7 Å². The predicted octanol–water partition coefficient (Wildman–Crippen LogP) is 1.20. The summed E-state index contributed by atoms with van der Waals surface area (Å²) in [5.41, 5.74) is 3.50. The third kappa shape index (κ3) is 2.45. The number of aryl methyl sites for hydroxylation is 1. The highest BCUT2D eigenvalue weighted by molar-refractivity contribution is 5.98. The Morgan fingerprint density at radius 1 is 1.33 bits per heavy atom. The molecule has 1 aliphatic rings. The zero-order valence-electron chi connectivity index (χ0n) is 13.3. The Bertz CT molecular complexity index is 868. The minimum Gasteiger partial charge on any atom is -0.345 e. The third-order valence-electron chi connectivity index (χ3n) is 4.43. The number of amides is 1. The van der Waals surface area contributed by atoms with Crippen molar-refractivity contribution >= 4 is 5.91 Å². The molecule has 24 heavy (non-hydrogen) atoms. The lowest BCUT2D eigenvalue weighted by Gasteiger charge is -2.24. The maximum absolute atomic E-state index is 12.8. The number of hydrogen-bond acceptors (Lipinski definition) is 5. The van der Waals surface area contributed by atoms with Crippen molar-refractivity contribution in [3.05, 3.63) is 53.6 Å². The first-order valence-electron chi connectivity index (χ1n) is 7.88. The number of benzene rings is 1. The number of fused-ring (bicyclic) bond motifs is 1. The van der Waals surface area contributed by atoms with Crippen LogP contribution in [0.4, 0.5) is 0 Å². The molecule has 8 heteroatoms. The summed E-state index contributed by atoms with van der Waals surface area (Å²) in [6.07, 6.45) is 6.28. The number of carbonyl (C=O) groups is 1. The van der Waals surface area contributed by atoms with Crippen molar-refractivity contribution in [3.63, 3.8) is 0 Å². The molecule has 122 valence electrons. The lowest BCUT2D eigenvalue weighted by molar-refractivity contribution is 0.0932. The number of aromatic nitrogens is 6. The van der Waals surface area contributed by atoms with Gasteiger partial charge in [0, 0.05) is 18.3 Å². The van der Waals surface area contributed by atoms with E-state index in [0.29, 0.717) is 11.3 Å². The monoisotopic (exact) mass is 323 g/mol.